The number of anilines is 1. The first-order valence-corrected chi connectivity index (χ1v) is 8.63. The number of nitrogens with one attached hydrogen (secondary N) is 1. The van der Waals surface area contributed by atoms with Crippen LogP contribution in [0, 0.1) is 12.8 Å². The first-order valence-electron chi connectivity index (χ1n) is 7.75. The summed E-state index contributed by atoms with van der Waals surface area (Å²) in [6.45, 7) is 2.33. The Hall–Kier alpha value is -1.92. The molecule has 0 aliphatic heterocycles. The van der Waals surface area contributed by atoms with Crippen LogP contribution < -0.4 is 5.32 Å². The molecular formula is C17H21N3O2S. The van der Waals surface area contributed by atoms with Crippen molar-refractivity contribution in [1.29, 1.82) is 0 Å². The Labute approximate surface area is 140 Å². The number of thiazole rings is 1. The molecule has 0 bridgehead atoms. The molecule has 0 saturated heterocycles. The Kier molecular flexibility index (Phi) is 4.63. The third-order valence-corrected chi connectivity index (χ3v) is 4.96. The van der Waals surface area contributed by atoms with Crippen molar-refractivity contribution in [2.45, 2.75) is 25.9 Å². The van der Waals surface area contributed by atoms with E-state index in [1.54, 1.807) is 18.4 Å². The third-order valence-electron chi connectivity index (χ3n) is 3.95. The molecule has 5 nitrogen and oxygen atoms in total. The van der Waals surface area contributed by atoms with E-state index in [0.717, 1.165) is 34.8 Å². The highest BCUT2D eigenvalue weighted by Crippen LogP contribution is 2.32. The molecule has 2 amide bonds. The van der Waals surface area contributed by atoms with Crippen LogP contribution in [0.5, 0.6) is 0 Å². The second-order valence-corrected chi connectivity index (χ2v) is 6.95. The predicted molar refractivity (Wildman–Crippen MR) is 92.7 cm³/mol. The first-order chi connectivity index (χ1) is 11.0. The summed E-state index contributed by atoms with van der Waals surface area (Å²) in [6, 6.07) is 7.45. The molecule has 1 aliphatic carbocycles. The van der Waals surface area contributed by atoms with Crippen molar-refractivity contribution >= 4 is 23.1 Å². The second-order valence-electron chi connectivity index (χ2n) is 6.09. The van der Waals surface area contributed by atoms with Crippen molar-refractivity contribution in [2.24, 2.45) is 5.92 Å². The molecule has 1 fully saturated rings. The van der Waals surface area contributed by atoms with Gasteiger partial charge in [-0.1, -0.05) is 12.1 Å². The monoisotopic (exact) mass is 331 g/mol. The minimum atomic E-state index is -0.421. The van der Waals surface area contributed by atoms with Gasteiger partial charge in [0.2, 0.25) is 0 Å². The Bertz CT molecular complexity index is 697. The average Bonchev–Trinajstić information content (AvgIpc) is 3.29. The Balaban J connectivity index is 1.63. The van der Waals surface area contributed by atoms with E-state index in [9.17, 15) is 9.90 Å². The maximum absolute atomic E-state index is 12.2. The van der Waals surface area contributed by atoms with E-state index in [-0.39, 0.29) is 6.03 Å². The van der Waals surface area contributed by atoms with Gasteiger partial charge in [-0.3, -0.25) is 0 Å². The summed E-state index contributed by atoms with van der Waals surface area (Å²) < 4.78 is 0. The normalized spacial score (nSPS) is 15.3. The van der Waals surface area contributed by atoms with E-state index in [1.807, 2.05) is 36.6 Å². The molecule has 1 atom stereocenters. The highest BCUT2D eigenvalue weighted by Gasteiger charge is 2.31. The van der Waals surface area contributed by atoms with Crippen molar-refractivity contribution in [2.75, 3.05) is 18.9 Å². The Morgan fingerprint density at radius 3 is 2.96 bits per heavy atom. The molecule has 1 aliphatic rings. The molecule has 0 radical (unpaired) electrons. The van der Waals surface area contributed by atoms with E-state index in [4.69, 9.17) is 0 Å². The number of carbonyl (C=O) groups is 1. The zero-order valence-corrected chi connectivity index (χ0v) is 14.1. The molecule has 1 saturated carbocycles. The zero-order chi connectivity index (χ0) is 16.4. The second kappa shape index (κ2) is 6.68. The fourth-order valence-corrected chi connectivity index (χ4v) is 3.22. The average molecular weight is 331 g/mol. The Morgan fingerprint density at radius 2 is 2.30 bits per heavy atom. The number of nitrogens with zero attached hydrogens (tertiary/aromatic N) is 2. The van der Waals surface area contributed by atoms with Crippen LogP contribution in [0.4, 0.5) is 10.5 Å². The molecule has 1 unspecified atom stereocenters. The van der Waals surface area contributed by atoms with E-state index in [0.29, 0.717) is 12.5 Å². The van der Waals surface area contributed by atoms with Gasteiger partial charge in [0.15, 0.2) is 0 Å². The minimum Gasteiger partial charge on any atom is -0.391 e. The predicted octanol–water partition coefficient (Wildman–Crippen LogP) is 3.35. The SMILES string of the molecule is Cc1csc(-c2cccc(NC(=O)N(C)CC(O)C3CC3)c2)n1. The van der Waals surface area contributed by atoms with Crippen molar-refractivity contribution in [3.05, 3.63) is 35.3 Å². The number of aromatic nitrogens is 1. The maximum Gasteiger partial charge on any atom is 0.321 e. The fraction of sp³-hybridized carbons (Fsp3) is 0.412. The van der Waals surface area contributed by atoms with Crippen molar-refractivity contribution < 1.29 is 9.90 Å². The highest BCUT2D eigenvalue weighted by molar-refractivity contribution is 7.13. The minimum absolute atomic E-state index is 0.211. The van der Waals surface area contributed by atoms with E-state index < -0.39 is 6.10 Å². The summed E-state index contributed by atoms with van der Waals surface area (Å²) in [5.74, 6) is 0.363. The molecule has 23 heavy (non-hydrogen) atoms. The van der Waals surface area contributed by atoms with Crippen LogP contribution in [0.1, 0.15) is 18.5 Å². The van der Waals surface area contributed by atoms with E-state index in [2.05, 4.69) is 10.3 Å². The van der Waals surface area contributed by atoms with Gasteiger partial charge in [-0.25, -0.2) is 9.78 Å². The number of hydrogen-bond donors (Lipinski definition) is 2. The first kappa shape index (κ1) is 16.0. The van der Waals surface area contributed by atoms with Crippen molar-refractivity contribution in [3.63, 3.8) is 0 Å². The van der Waals surface area contributed by atoms with E-state index >= 15 is 0 Å². The third kappa shape index (κ3) is 4.09. The molecule has 1 heterocycles. The van der Waals surface area contributed by atoms with Crippen LogP contribution in [0.3, 0.4) is 0 Å². The lowest BCUT2D eigenvalue weighted by Gasteiger charge is -2.21. The largest absolute Gasteiger partial charge is 0.391 e. The van der Waals surface area contributed by atoms with Gasteiger partial charge in [-0.05, 0) is 37.8 Å². The number of aliphatic hydroxyl groups excluding tert-OH is 1. The maximum atomic E-state index is 12.2. The van der Waals surface area contributed by atoms with Gasteiger partial charge in [-0.2, -0.15) is 0 Å². The van der Waals surface area contributed by atoms with Crippen LogP contribution in [0.15, 0.2) is 29.6 Å². The lowest BCUT2D eigenvalue weighted by atomic mass is 10.2. The number of urea groups is 1. The van der Waals surface area contributed by atoms with Crippen LogP contribution in [-0.4, -0.2) is 40.7 Å². The zero-order valence-electron chi connectivity index (χ0n) is 13.3. The van der Waals surface area contributed by atoms with Crippen LogP contribution in [-0.2, 0) is 0 Å². The van der Waals surface area contributed by atoms with Gasteiger partial charge in [-0.15, -0.1) is 11.3 Å². The smallest absolute Gasteiger partial charge is 0.321 e. The molecule has 1 aromatic heterocycles. The highest BCUT2D eigenvalue weighted by atomic mass is 32.1. The van der Waals surface area contributed by atoms with Crippen molar-refractivity contribution in [3.8, 4) is 10.6 Å². The lowest BCUT2D eigenvalue weighted by molar-refractivity contribution is 0.117. The number of hydrogen-bond acceptors (Lipinski definition) is 4. The summed E-state index contributed by atoms with van der Waals surface area (Å²) in [5.41, 5.74) is 2.71. The number of rotatable bonds is 5. The van der Waals surface area contributed by atoms with Gasteiger partial charge in [0.05, 0.1) is 6.10 Å². The van der Waals surface area contributed by atoms with Gasteiger partial charge >= 0.3 is 6.03 Å². The summed E-state index contributed by atoms with van der Waals surface area (Å²) in [7, 11) is 1.70. The number of aryl methyl sites for hydroxylation is 1. The summed E-state index contributed by atoms with van der Waals surface area (Å²) in [5, 5.41) is 15.8. The summed E-state index contributed by atoms with van der Waals surface area (Å²) in [6.07, 6.45) is 1.70. The molecule has 3 rings (SSSR count). The van der Waals surface area contributed by atoms with Crippen molar-refractivity contribution in [1.82, 2.24) is 9.88 Å². The number of amides is 2. The van der Waals surface area contributed by atoms with Crippen LogP contribution in [0.2, 0.25) is 0 Å². The molecule has 0 spiro atoms. The molecule has 2 N–H and O–H groups in total. The molecule has 6 heteroatoms. The number of likely N-dealkylation sites (N-methyl/N-ethyl adjacent to an activating group) is 1. The van der Waals surface area contributed by atoms with E-state index in [1.165, 1.54) is 4.90 Å². The lowest BCUT2D eigenvalue weighted by Crippen LogP contribution is -2.38. The molecule has 122 valence electrons. The van der Waals surface area contributed by atoms with Crippen LogP contribution >= 0.6 is 11.3 Å². The number of aliphatic hydroxyl groups is 1. The van der Waals surface area contributed by atoms with Gasteiger partial charge in [0.25, 0.3) is 0 Å². The summed E-state index contributed by atoms with van der Waals surface area (Å²) >= 11 is 1.59. The number of benzene rings is 1. The Morgan fingerprint density at radius 1 is 1.52 bits per heavy atom. The topological polar surface area (TPSA) is 65.5 Å². The van der Waals surface area contributed by atoms with Crippen LogP contribution in [0.25, 0.3) is 10.6 Å². The number of carbonyl (C=O) groups excluding carboxylic acids is 1. The fourth-order valence-electron chi connectivity index (χ4n) is 2.43. The van der Waals surface area contributed by atoms with Gasteiger partial charge in [0.1, 0.15) is 5.01 Å². The summed E-state index contributed by atoms with van der Waals surface area (Å²) in [4.78, 5) is 18.2. The van der Waals surface area contributed by atoms with Gasteiger partial charge < -0.3 is 15.3 Å². The molecule has 2 aromatic rings. The molecular weight excluding hydrogens is 310 g/mol. The molecule has 1 aromatic carbocycles. The standard InChI is InChI=1S/C17H21N3O2S/c1-11-10-23-16(18-11)13-4-3-5-14(8-13)19-17(22)20(2)9-15(21)12-6-7-12/h3-5,8,10,12,15,21H,6-7,9H2,1-2H3,(H,19,22). The quantitative estimate of drug-likeness (QED) is 0.883. The van der Waals surface area contributed by atoms with Gasteiger partial charge in [0, 0.05) is 35.9 Å².